The second kappa shape index (κ2) is 5.05. The third-order valence-electron chi connectivity index (χ3n) is 4.71. The van der Waals surface area contributed by atoms with Gasteiger partial charge >= 0.3 is 6.03 Å². The van der Waals surface area contributed by atoms with Crippen LogP contribution in [0.1, 0.15) is 33.1 Å². The summed E-state index contributed by atoms with van der Waals surface area (Å²) < 4.78 is 5.46. The molecule has 1 saturated carbocycles. The molecule has 2 amide bonds. The Morgan fingerprint density at radius 1 is 1.39 bits per heavy atom. The fraction of sp³-hybridized carbons (Fsp3) is 0.923. The van der Waals surface area contributed by atoms with Crippen LogP contribution >= 0.6 is 0 Å². The first-order valence-electron chi connectivity index (χ1n) is 6.78. The molecule has 0 aromatic carbocycles. The van der Waals surface area contributed by atoms with Crippen molar-refractivity contribution in [3.8, 4) is 0 Å². The number of methoxy groups -OCH3 is 1. The predicted octanol–water partition coefficient (Wildman–Crippen LogP) is 0.933. The van der Waals surface area contributed by atoms with E-state index in [9.17, 15) is 4.79 Å². The highest BCUT2D eigenvalue weighted by Crippen LogP contribution is 2.42. The van der Waals surface area contributed by atoms with Crippen LogP contribution in [-0.4, -0.2) is 49.3 Å². The van der Waals surface area contributed by atoms with Crippen LogP contribution in [-0.2, 0) is 4.74 Å². The molecule has 1 aliphatic carbocycles. The topological polar surface area (TPSA) is 67.6 Å². The molecular weight excluding hydrogens is 230 g/mol. The lowest BCUT2D eigenvalue weighted by atomic mass is 9.64. The molecule has 104 valence electrons. The first-order chi connectivity index (χ1) is 8.45. The minimum atomic E-state index is -0.295. The molecule has 1 heterocycles. The predicted molar refractivity (Wildman–Crippen MR) is 70.3 cm³/mol. The number of piperidine rings is 1. The zero-order chi connectivity index (χ0) is 13.3. The van der Waals surface area contributed by atoms with Crippen LogP contribution in [0, 0.1) is 5.41 Å². The molecule has 0 aromatic rings. The van der Waals surface area contributed by atoms with Gasteiger partial charge < -0.3 is 20.7 Å². The second-order valence-electron chi connectivity index (χ2n) is 6.10. The van der Waals surface area contributed by atoms with Crippen LogP contribution in [0.15, 0.2) is 0 Å². The lowest BCUT2D eigenvalue weighted by molar-refractivity contribution is -0.101. The number of amides is 2. The van der Waals surface area contributed by atoms with Crippen LogP contribution in [0.2, 0.25) is 0 Å². The van der Waals surface area contributed by atoms with Gasteiger partial charge in [0.25, 0.3) is 0 Å². The van der Waals surface area contributed by atoms with Crippen LogP contribution < -0.4 is 11.1 Å². The van der Waals surface area contributed by atoms with Gasteiger partial charge in [-0.25, -0.2) is 4.79 Å². The highest BCUT2D eigenvalue weighted by atomic mass is 16.5. The monoisotopic (exact) mass is 255 g/mol. The van der Waals surface area contributed by atoms with E-state index in [2.05, 4.69) is 19.2 Å². The van der Waals surface area contributed by atoms with Gasteiger partial charge in [-0.3, -0.25) is 0 Å². The van der Waals surface area contributed by atoms with Crippen molar-refractivity contribution in [1.82, 2.24) is 10.2 Å². The first-order valence-corrected chi connectivity index (χ1v) is 6.78. The van der Waals surface area contributed by atoms with Crippen molar-refractivity contribution in [3.63, 3.8) is 0 Å². The third kappa shape index (κ3) is 2.47. The quantitative estimate of drug-likeness (QED) is 0.788. The van der Waals surface area contributed by atoms with Crippen molar-refractivity contribution in [3.05, 3.63) is 0 Å². The molecule has 2 rings (SSSR count). The molecule has 5 heteroatoms. The van der Waals surface area contributed by atoms with E-state index in [1.54, 1.807) is 12.0 Å². The average molecular weight is 255 g/mol. The summed E-state index contributed by atoms with van der Waals surface area (Å²) in [7, 11) is 1.79. The molecule has 18 heavy (non-hydrogen) atoms. The van der Waals surface area contributed by atoms with Gasteiger partial charge in [0.05, 0.1) is 6.10 Å². The lowest BCUT2D eigenvalue weighted by Crippen LogP contribution is -2.63. The molecular formula is C13H25N3O2. The van der Waals surface area contributed by atoms with Gasteiger partial charge in [-0.15, -0.1) is 0 Å². The van der Waals surface area contributed by atoms with Gasteiger partial charge in [0.2, 0.25) is 0 Å². The van der Waals surface area contributed by atoms with Crippen LogP contribution in [0.3, 0.4) is 0 Å². The zero-order valence-electron chi connectivity index (χ0n) is 11.6. The van der Waals surface area contributed by atoms with Gasteiger partial charge in [-0.05, 0) is 19.3 Å². The van der Waals surface area contributed by atoms with E-state index in [-0.39, 0.29) is 11.4 Å². The number of nitrogens with one attached hydrogen (secondary N) is 1. The van der Waals surface area contributed by atoms with E-state index in [4.69, 9.17) is 10.5 Å². The van der Waals surface area contributed by atoms with Crippen LogP contribution in [0.5, 0.6) is 0 Å². The molecule has 1 aliphatic heterocycles. The summed E-state index contributed by atoms with van der Waals surface area (Å²) >= 11 is 0. The minimum Gasteiger partial charge on any atom is -0.381 e. The molecule has 2 atom stereocenters. The summed E-state index contributed by atoms with van der Waals surface area (Å²) in [5.74, 6) is 0. The third-order valence-corrected chi connectivity index (χ3v) is 4.71. The summed E-state index contributed by atoms with van der Waals surface area (Å²) in [5, 5.41) is 3.71. The first kappa shape index (κ1) is 13.6. The number of hydrogen-bond acceptors (Lipinski definition) is 3. The van der Waals surface area contributed by atoms with Crippen molar-refractivity contribution < 1.29 is 9.53 Å². The molecule has 0 aromatic heterocycles. The maximum atomic E-state index is 11.0. The van der Waals surface area contributed by atoms with Crippen molar-refractivity contribution in [2.24, 2.45) is 11.1 Å². The Morgan fingerprint density at radius 3 is 2.44 bits per heavy atom. The Labute approximate surface area is 109 Å². The Kier molecular flexibility index (Phi) is 3.82. The molecule has 2 unspecified atom stereocenters. The summed E-state index contributed by atoms with van der Waals surface area (Å²) in [6.07, 6.45) is 3.43. The number of carbonyl (C=O) groups excluding carboxylic acids is 1. The number of carbonyl (C=O) groups is 1. The summed E-state index contributed by atoms with van der Waals surface area (Å²) in [6.45, 7) is 6.05. The summed E-state index contributed by atoms with van der Waals surface area (Å²) in [5.41, 5.74) is 5.48. The zero-order valence-corrected chi connectivity index (χ0v) is 11.6. The van der Waals surface area contributed by atoms with Crippen molar-refractivity contribution in [2.45, 2.75) is 51.3 Å². The van der Waals surface area contributed by atoms with Crippen LogP contribution in [0.4, 0.5) is 4.79 Å². The second-order valence-corrected chi connectivity index (χ2v) is 6.10. The Morgan fingerprint density at radius 2 is 2.00 bits per heavy atom. The molecule has 3 N–H and O–H groups in total. The van der Waals surface area contributed by atoms with Crippen molar-refractivity contribution >= 4 is 6.03 Å². The maximum Gasteiger partial charge on any atom is 0.314 e. The molecule has 2 fully saturated rings. The number of rotatable bonds is 3. The Balaban J connectivity index is 1.78. The normalized spacial score (nSPS) is 32.1. The number of hydrogen-bond donors (Lipinski definition) is 2. The minimum absolute atomic E-state index is 0.204. The Hall–Kier alpha value is -0.810. The summed E-state index contributed by atoms with van der Waals surface area (Å²) in [6, 6.07) is 0.729. The molecule has 1 saturated heterocycles. The van der Waals surface area contributed by atoms with E-state index in [1.807, 2.05) is 0 Å². The van der Waals surface area contributed by atoms with Gasteiger partial charge in [-0.2, -0.15) is 0 Å². The fourth-order valence-electron chi connectivity index (χ4n) is 3.12. The van der Waals surface area contributed by atoms with E-state index in [0.29, 0.717) is 18.2 Å². The largest absolute Gasteiger partial charge is 0.381 e. The maximum absolute atomic E-state index is 11.0. The van der Waals surface area contributed by atoms with Crippen molar-refractivity contribution in [1.29, 1.82) is 0 Å². The molecule has 0 bridgehead atoms. The molecule has 5 nitrogen and oxygen atoms in total. The fourth-order valence-corrected chi connectivity index (χ4v) is 3.12. The standard InChI is InChI=1S/C13H25N3O2/c1-13(2)10(8-11(13)18-3)15-9-4-6-16(7-5-9)12(14)17/h9-11,15H,4-8H2,1-3H3,(H2,14,17). The van der Waals surface area contributed by atoms with E-state index >= 15 is 0 Å². The smallest absolute Gasteiger partial charge is 0.314 e. The molecule has 0 radical (unpaired) electrons. The van der Waals surface area contributed by atoms with Crippen LogP contribution in [0.25, 0.3) is 0 Å². The summed E-state index contributed by atoms with van der Waals surface area (Å²) in [4.78, 5) is 12.8. The van der Waals surface area contributed by atoms with Gasteiger partial charge in [0.1, 0.15) is 0 Å². The van der Waals surface area contributed by atoms with Gasteiger partial charge in [0, 0.05) is 37.7 Å². The number of nitrogens with two attached hydrogens (primary N) is 1. The number of urea groups is 1. The number of nitrogens with zero attached hydrogens (tertiary/aromatic N) is 1. The lowest BCUT2D eigenvalue weighted by Gasteiger charge is -2.53. The van der Waals surface area contributed by atoms with Gasteiger partial charge in [-0.1, -0.05) is 13.8 Å². The highest BCUT2D eigenvalue weighted by Gasteiger charge is 2.49. The SMILES string of the molecule is COC1CC(NC2CCN(C(N)=O)CC2)C1(C)C. The number of likely N-dealkylation sites (tertiary alicyclic amines) is 1. The number of primary amides is 1. The molecule has 2 aliphatic rings. The number of ether oxygens (including phenoxy) is 1. The molecule has 0 spiro atoms. The van der Waals surface area contributed by atoms with Crippen molar-refractivity contribution in [2.75, 3.05) is 20.2 Å². The van der Waals surface area contributed by atoms with E-state index in [1.165, 1.54) is 0 Å². The van der Waals surface area contributed by atoms with Gasteiger partial charge in [0.15, 0.2) is 0 Å². The average Bonchev–Trinajstić information content (AvgIpc) is 2.34. The van der Waals surface area contributed by atoms with E-state index in [0.717, 1.165) is 32.4 Å². The van der Waals surface area contributed by atoms with E-state index < -0.39 is 0 Å². The highest BCUT2D eigenvalue weighted by molar-refractivity contribution is 5.72. The Bertz CT molecular complexity index is 311.